The quantitative estimate of drug-likeness (QED) is 0.208. The maximum Gasteiger partial charge on any atom is 0.338 e. The van der Waals surface area contributed by atoms with Crippen LogP contribution in [-0.2, 0) is 18.9 Å². The van der Waals surface area contributed by atoms with Gasteiger partial charge in [0.05, 0.1) is 23.0 Å². The van der Waals surface area contributed by atoms with Gasteiger partial charge in [0.15, 0.2) is 29.6 Å². The molecule has 3 heterocycles. The van der Waals surface area contributed by atoms with Crippen molar-refractivity contribution in [2.45, 2.75) is 31.5 Å². The van der Waals surface area contributed by atoms with Crippen LogP contribution in [0.5, 0.6) is 0 Å². The number of fused-ring (bicyclic) bond motifs is 1. The fourth-order valence-corrected chi connectivity index (χ4v) is 5.00. The summed E-state index contributed by atoms with van der Waals surface area (Å²) in [5.74, 6) is -1.72. The minimum absolute atomic E-state index is 0.0403. The zero-order chi connectivity index (χ0) is 30.6. The molecule has 0 radical (unpaired) electrons. The van der Waals surface area contributed by atoms with Crippen LogP contribution in [0.25, 0.3) is 11.2 Å². The van der Waals surface area contributed by atoms with E-state index in [0.717, 1.165) is 0 Å². The molecule has 0 amide bonds. The van der Waals surface area contributed by atoms with Gasteiger partial charge >= 0.3 is 17.9 Å². The molecule has 4 atom stereocenters. The summed E-state index contributed by atoms with van der Waals surface area (Å²) >= 11 is 0. The van der Waals surface area contributed by atoms with Crippen LogP contribution in [0.15, 0.2) is 102 Å². The summed E-state index contributed by atoms with van der Waals surface area (Å²) in [4.78, 5) is 63.2. The second-order valence-corrected chi connectivity index (χ2v) is 9.93. The van der Waals surface area contributed by atoms with Crippen molar-refractivity contribution in [2.24, 2.45) is 0 Å². The zero-order valence-electron chi connectivity index (χ0n) is 23.4. The number of imidazole rings is 1. The van der Waals surface area contributed by atoms with E-state index >= 15 is 0 Å². The molecule has 1 saturated heterocycles. The van der Waals surface area contributed by atoms with Crippen molar-refractivity contribution in [1.29, 1.82) is 0 Å². The molecule has 0 aliphatic carbocycles. The maximum absolute atomic E-state index is 13.4. The largest absolute Gasteiger partial charge is 0.459 e. The second-order valence-electron chi connectivity index (χ2n) is 9.93. The van der Waals surface area contributed by atoms with Gasteiger partial charge in [0.1, 0.15) is 18.5 Å². The van der Waals surface area contributed by atoms with Crippen molar-refractivity contribution in [3.63, 3.8) is 0 Å². The van der Waals surface area contributed by atoms with Crippen LogP contribution in [0.4, 0.5) is 0 Å². The van der Waals surface area contributed by atoms with Crippen molar-refractivity contribution in [3.8, 4) is 0 Å². The molecule has 1 N–H and O–H groups in total. The third-order valence-corrected chi connectivity index (χ3v) is 7.09. The van der Waals surface area contributed by atoms with Crippen LogP contribution in [0.3, 0.4) is 0 Å². The van der Waals surface area contributed by atoms with Gasteiger partial charge in [0.25, 0.3) is 5.56 Å². The molecular formula is C32H26N4O8. The van der Waals surface area contributed by atoms with Gasteiger partial charge in [0.2, 0.25) is 0 Å². The molecule has 0 saturated carbocycles. The van der Waals surface area contributed by atoms with Crippen molar-refractivity contribution < 1.29 is 33.3 Å². The van der Waals surface area contributed by atoms with E-state index in [4.69, 9.17) is 18.9 Å². The smallest absolute Gasteiger partial charge is 0.338 e. The number of esters is 3. The highest BCUT2D eigenvalue weighted by Gasteiger charge is 2.52. The van der Waals surface area contributed by atoms with Gasteiger partial charge in [-0.1, -0.05) is 54.6 Å². The molecular weight excluding hydrogens is 568 g/mol. The lowest BCUT2D eigenvalue weighted by Gasteiger charge is -2.25. The lowest BCUT2D eigenvalue weighted by molar-refractivity contribution is -0.0613. The standard InChI is InChI=1S/C32H26N4O8/c1-19-35-24-27(33-18-34-28(24)37)36(19)29-26(44-32(40)22-15-9-4-10-16-22)25(43-31(39)21-13-7-3-8-14-21)23(42-29)17-41-30(38)20-11-5-2-6-12-20/h2-16,18,23,25-26,29H,17H2,1H3,(H,33,34,37)/t23-,25-,26-,29-/m1/s1. The molecule has 6 rings (SSSR count). The van der Waals surface area contributed by atoms with Crippen molar-refractivity contribution in [2.75, 3.05) is 6.61 Å². The molecule has 0 unspecified atom stereocenters. The molecule has 0 bridgehead atoms. The number of H-pyrrole nitrogens is 1. The van der Waals surface area contributed by atoms with Crippen molar-refractivity contribution in [3.05, 3.63) is 130 Å². The Morgan fingerprint density at radius 2 is 1.32 bits per heavy atom. The van der Waals surface area contributed by atoms with Crippen LogP contribution in [-0.4, -0.2) is 62.3 Å². The fourth-order valence-electron chi connectivity index (χ4n) is 5.00. The normalized spacial score (nSPS) is 19.4. The SMILES string of the molecule is Cc1nc2c(=O)[nH]cnc2n1[C@@H]1O[C@H](COC(=O)c2ccccc2)[C@@H](OC(=O)c2ccccc2)[C@H]1OC(=O)c1ccccc1. The second kappa shape index (κ2) is 12.3. The maximum atomic E-state index is 13.4. The number of nitrogens with one attached hydrogen (secondary N) is 1. The van der Waals surface area contributed by atoms with Gasteiger partial charge in [-0.2, -0.15) is 0 Å². The Balaban J connectivity index is 1.40. The summed E-state index contributed by atoms with van der Waals surface area (Å²) in [6.07, 6.45) is -3.56. The molecule has 222 valence electrons. The Labute approximate surface area is 250 Å². The summed E-state index contributed by atoms with van der Waals surface area (Å²) in [5.41, 5.74) is 0.534. The summed E-state index contributed by atoms with van der Waals surface area (Å²) in [6, 6.07) is 24.9. The number of aromatic amines is 1. The number of ether oxygens (including phenoxy) is 4. The Morgan fingerprint density at radius 3 is 1.89 bits per heavy atom. The monoisotopic (exact) mass is 594 g/mol. The first-order chi connectivity index (χ1) is 21.4. The topological polar surface area (TPSA) is 152 Å². The van der Waals surface area contributed by atoms with Gasteiger partial charge in [-0.15, -0.1) is 0 Å². The highest BCUT2D eigenvalue weighted by Crippen LogP contribution is 2.37. The van der Waals surface area contributed by atoms with E-state index in [0.29, 0.717) is 11.4 Å². The van der Waals surface area contributed by atoms with Crippen LogP contribution in [0.1, 0.15) is 43.1 Å². The molecule has 3 aromatic carbocycles. The molecule has 12 heteroatoms. The van der Waals surface area contributed by atoms with Gasteiger partial charge in [-0.05, 0) is 43.3 Å². The Hall–Kier alpha value is -5.62. The number of aryl methyl sites for hydroxylation is 1. The molecule has 44 heavy (non-hydrogen) atoms. The fraction of sp³-hybridized carbons (Fsp3) is 0.188. The third-order valence-electron chi connectivity index (χ3n) is 7.09. The summed E-state index contributed by atoms with van der Waals surface area (Å²) in [7, 11) is 0. The molecule has 12 nitrogen and oxygen atoms in total. The van der Waals surface area contributed by atoms with E-state index in [2.05, 4.69) is 15.0 Å². The molecule has 0 spiro atoms. The number of benzene rings is 3. The Morgan fingerprint density at radius 1 is 0.795 bits per heavy atom. The van der Waals surface area contributed by atoms with Crippen LogP contribution >= 0.6 is 0 Å². The number of aromatic nitrogens is 4. The predicted octanol–water partition coefficient (Wildman–Crippen LogP) is 3.63. The van der Waals surface area contributed by atoms with Gasteiger partial charge in [-0.25, -0.2) is 24.4 Å². The summed E-state index contributed by atoms with van der Waals surface area (Å²) < 4.78 is 25.4. The average molecular weight is 595 g/mol. The third kappa shape index (κ3) is 5.70. The molecule has 1 aliphatic rings. The van der Waals surface area contributed by atoms with Crippen molar-refractivity contribution >= 4 is 29.1 Å². The first-order valence-corrected chi connectivity index (χ1v) is 13.7. The Bertz CT molecular complexity index is 1860. The first-order valence-electron chi connectivity index (χ1n) is 13.7. The molecule has 1 fully saturated rings. The van der Waals surface area contributed by atoms with E-state index < -0.39 is 48.0 Å². The van der Waals surface area contributed by atoms with E-state index in [1.807, 2.05) is 0 Å². The highest BCUT2D eigenvalue weighted by atomic mass is 16.7. The van der Waals surface area contributed by atoms with E-state index in [9.17, 15) is 19.2 Å². The first kappa shape index (κ1) is 28.5. The van der Waals surface area contributed by atoms with Gasteiger partial charge < -0.3 is 23.9 Å². The lowest BCUT2D eigenvalue weighted by Crippen LogP contribution is -2.41. The molecule has 1 aliphatic heterocycles. The number of hydrogen-bond acceptors (Lipinski definition) is 10. The number of rotatable bonds is 8. The number of carbonyl (C=O) groups excluding carboxylic acids is 3. The lowest BCUT2D eigenvalue weighted by atomic mass is 10.1. The van der Waals surface area contributed by atoms with E-state index in [1.54, 1.807) is 97.9 Å². The highest BCUT2D eigenvalue weighted by molar-refractivity contribution is 5.91. The van der Waals surface area contributed by atoms with Crippen LogP contribution in [0.2, 0.25) is 0 Å². The number of hydrogen-bond donors (Lipinski definition) is 1. The van der Waals surface area contributed by atoms with E-state index in [1.165, 1.54) is 10.9 Å². The van der Waals surface area contributed by atoms with E-state index in [-0.39, 0.29) is 28.9 Å². The zero-order valence-corrected chi connectivity index (χ0v) is 23.4. The van der Waals surface area contributed by atoms with Crippen LogP contribution < -0.4 is 5.56 Å². The van der Waals surface area contributed by atoms with Gasteiger partial charge in [0, 0.05) is 0 Å². The average Bonchev–Trinajstić information content (AvgIpc) is 3.57. The number of carbonyl (C=O) groups is 3. The number of nitrogens with zero attached hydrogens (tertiary/aromatic N) is 3. The Kier molecular flexibility index (Phi) is 7.98. The predicted molar refractivity (Wildman–Crippen MR) is 155 cm³/mol. The van der Waals surface area contributed by atoms with Crippen LogP contribution in [0, 0.1) is 6.92 Å². The van der Waals surface area contributed by atoms with Gasteiger partial charge in [-0.3, -0.25) is 9.36 Å². The minimum Gasteiger partial charge on any atom is -0.459 e. The summed E-state index contributed by atoms with van der Waals surface area (Å²) in [6.45, 7) is 1.28. The molecule has 5 aromatic rings. The molecule has 2 aromatic heterocycles. The van der Waals surface area contributed by atoms with Crippen molar-refractivity contribution in [1.82, 2.24) is 19.5 Å². The minimum atomic E-state index is -1.27. The summed E-state index contributed by atoms with van der Waals surface area (Å²) in [5, 5.41) is 0.